The molecule has 1 N–H and O–H groups in total. The second kappa shape index (κ2) is 4.53. The molecule has 0 radical (unpaired) electrons. The number of aliphatic carboxylic acids is 1. The van der Waals surface area contributed by atoms with E-state index < -0.39 is 5.97 Å². The molecule has 1 aliphatic rings. The van der Waals surface area contributed by atoms with E-state index in [0.717, 1.165) is 0 Å². The second-order valence-electron chi connectivity index (χ2n) is 3.95. The molecule has 0 unspecified atom stereocenters. The van der Waals surface area contributed by atoms with E-state index in [1.54, 1.807) is 6.07 Å². The van der Waals surface area contributed by atoms with Gasteiger partial charge in [-0.05, 0) is 18.6 Å². The van der Waals surface area contributed by atoms with Gasteiger partial charge in [0.25, 0.3) is 5.91 Å². The quantitative estimate of drug-likeness (QED) is 0.862. The summed E-state index contributed by atoms with van der Waals surface area (Å²) in [6.45, 7) is 0.546. The first kappa shape index (κ1) is 11.6. The summed E-state index contributed by atoms with van der Waals surface area (Å²) in [5.41, 5.74) is 0.783. The summed E-state index contributed by atoms with van der Waals surface area (Å²) in [5, 5.41) is 8.57. The highest BCUT2D eigenvalue weighted by molar-refractivity contribution is 5.96. The minimum Gasteiger partial charge on any atom is -0.481 e. The van der Waals surface area contributed by atoms with E-state index in [1.807, 2.05) is 0 Å². The van der Waals surface area contributed by atoms with Crippen LogP contribution in [0.2, 0.25) is 0 Å². The topological polar surface area (TPSA) is 57.6 Å². The van der Waals surface area contributed by atoms with Crippen LogP contribution in [0.25, 0.3) is 0 Å². The lowest BCUT2D eigenvalue weighted by atomic mass is 9.98. The van der Waals surface area contributed by atoms with Gasteiger partial charge in [-0.1, -0.05) is 6.07 Å². The van der Waals surface area contributed by atoms with Crippen LogP contribution in [0.1, 0.15) is 22.3 Å². The minimum absolute atomic E-state index is 0.0869. The number of carboxylic acids is 1. The number of benzene rings is 1. The Balaban J connectivity index is 2.19. The Labute approximate surface area is 97.7 Å². The predicted octanol–water partition coefficient (Wildman–Crippen LogP) is 1.30. The SMILES string of the molecule is O=C(O)CCN1CCc2c(F)cccc2C1=O. The van der Waals surface area contributed by atoms with E-state index >= 15 is 0 Å². The van der Waals surface area contributed by atoms with Crippen LogP contribution in [0.5, 0.6) is 0 Å². The average Bonchev–Trinajstić information content (AvgIpc) is 2.29. The molecule has 0 fully saturated rings. The molecule has 5 heteroatoms. The van der Waals surface area contributed by atoms with E-state index in [4.69, 9.17) is 5.11 Å². The van der Waals surface area contributed by atoms with Gasteiger partial charge in [0.1, 0.15) is 5.82 Å². The van der Waals surface area contributed by atoms with Crippen molar-refractivity contribution in [3.05, 3.63) is 35.1 Å². The summed E-state index contributed by atoms with van der Waals surface area (Å²) in [6, 6.07) is 4.40. The van der Waals surface area contributed by atoms with Crippen molar-refractivity contribution in [3.63, 3.8) is 0 Å². The molecule has 0 aliphatic carbocycles. The molecule has 90 valence electrons. The van der Waals surface area contributed by atoms with Gasteiger partial charge in [-0.15, -0.1) is 0 Å². The van der Waals surface area contributed by atoms with Gasteiger partial charge in [-0.2, -0.15) is 0 Å². The van der Waals surface area contributed by atoms with Crippen molar-refractivity contribution < 1.29 is 19.1 Å². The van der Waals surface area contributed by atoms with Crippen LogP contribution in [0.4, 0.5) is 4.39 Å². The van der Waals surface area contributed by atoms with Crippen molar-refractivity contribution >= 4 is 11.9 Å². The van der Waals surface area contributed by atoms with Gasteiger partial charge in [-0.25, -0.2) is 4.39 Å². The molecule has 4 nitrogen and oxygen atoms in total. The summed E-state index contributed by atoms with van der Waals surface area (Å²) < 4.78 is 13.4. The Morgan fingerprint density at radius 3 is 2.94 bits per heavy atom. The van der Waals surface area contributed by atoms with Gasteiger partial charge in [-0.3, -0.25) is 9.59 Å². The molecule has 1 amide bonds. The number of rotatable bonds is 3. The Hall–Kier alpha value is -1.91. The first-order valence-corrected chi connectivity index (χ1v) is 5.38. The summed E-state index contributed by atoms with van der Waals surface area (Å²) >= 11 is 0. The maximum Gasteiger partial charge on any atom is 0.305 e. The molecular formula is C12H12FNO3. The van der Waals surface area contributed by atoms with E-state index in [2.05, 4.69) is 0 Å². The van der Waals surface area contributed by atoms with Crippen LogP contribution in [-0.2, 0) is 11.2 Å². The normalized spacial score (nSPS) is 14.6. The number of carbonyl (C=O) groups excluding carboxylic acids is 1. The number of nitrogens with zero attached hydrogens (tertiary/aromatic N) is 1. The van der Waals surface area contributed by atoms with Crippen LogP contribution < -0.4 is 0 Å². The summed E-state index contributed by atoms with van der Waals surface area (Å²) in [4.78, 5) is 23.9. The molecule has 17 heavy (non-hydrogen) atoms. The molecule has 0 saturated heterocycles. The largest absolute Gasteiger partial charge is 0.481 e. The van der Waals surface area contributed by atoms with E-state index in [0.29, 0.717) is 24.1 Å². The fraction of sp³-hybridized carbons (Fsp3) is 0.333. The number of fused-ring (bicyclic) bond motifs is 1. The van der Waals surface area contributed by atoms with Crippen molar-refractivity contribution in [2.75, 3.05) is 13.1 Å². The number of hydrogen-bond donors (Lipinski definition) is 1. The Morgan fingerprint density at radius 2 is 2.24 bits per heavy atom. The van der Waals surface area contributed by atoms with Gasteiger partial charge in [0, 0.05) is 24.2 Å². The van der Waals surface area contributed by atoms with Gasteiger partial charge in [0.2, 0.25) is 0 Å². The third kappa shape index (κ3) is 2.27. The summed E-state index contributed by atoms with van der Waals surface area (Å²) in [7, 11) is 0. The third-order valence-corrected chi connectivity index (χ3v) is 2.86. The molecule has 1 aromatic rings. The van der Waals surface area contributed by atoms with Crippen LogP contribution in [0.3, 0.4) is 0 Å². The first-order chi connectivity index (χ1) is 8.09. The maximum atomic E-state index is 13.4. The van der Waals surface area contributed by atoms with Gasteiger partial charge in [0.05, 0.1) is 6.42 Å². The molecule has 2 rings (SSSR count). The summed E-state index contributed by atoms with van der Waals surface area (Å²) in [5.74, 6) is -1.59. The molecule has 0 saturated carbocycles. The van der Waals surface area contributed by atoms with E-state index in [9.17, 15) is 14.0 Å². The van der Waals surface area contributed by atoms with Crippen molar-refractivity contribution in [3.8, 4) is 0 Å². The molecule has 1 aromatic carbocycles. The van der Waals surface area contributed by atoms with Crippen LogP contribution in [0.15, 0.2) is 18.2 Å². The lowest BCUT2D eigenvalue weighted by molar-refractivity contribution is -0.137. The first-order valence-electron chi connectivity index (χ1n) is 5.38. The maximum absolute atomic E-state index is 13.4. The summed E-state index contributed by atoms with van der Waals surface area (Å²) in [6.07, 6.45) is 0.351. The highest BCUT2D eigenvalue weighted by Crippen LogP contribution is 2.21. The fourth-order valence-corrected chi connectivity index (χ4v) is 1.98. The molecule has 0 aromatic heterocycles. The van der Waals surface area contributed by atoms with E-state index in [-0.39, 0.29) is 24.7 Å². The number of carboxylic acid groups (broad SMARTS) is 1. The molecule has 0 atom stereocenters. The Morgan fingerprint density at radius 1 is 1.47 bits per heavy atom. The van der Waals surface area contributed by atoms with E-state index in [1.165, 1.54) is 17.0 Å². The van der Waals surface area contributed by atoms with Crippen molar-refractivity contribution in [2.45, 2.75) is 12.8 Å². The van der Waals surface area contributed by atoms with Crippen LogP contribution >= 0.6 is 0 Å². The van der Waals surface area contributed by atoms with Crippen molar-refractivity contribution in [1.29, 1.82) is 0 Å². The molecule has 0 spiro atoms. The molecule has 0 bridgehead atoms. The molecular weight excluding hydrogens is 225 g/mol. The third-order valence-electron chi connectivity index (χ3n) is 2.86. The number of carbonyl (C=O) groups is 2. The molecule has 1 aliphatic heterocycles. The van der Waals surface area contributed by atoms with Gasteiger partial charge in [0.15, 0.2) is 0 Å². The highest BCUT2D eigenvalue weighted by Gasteiger charge is 2.26. The Bertz CT molecular complexity index is 473. The fourth-order valence-electron chi connectivity index (χ4n) is 1.98. The minimum atomic E-state index is -0.942. The second-order valence-corrected chi connectivity index (χ2v) is 3.95. The molecule has 1 heterocycles. The monoisotopic (exact) mass is 237 g/mol. The van der Waals surface area contributed by atoms with Gasteiger partial charge >= 0.3 is 5.97 Å². The lowest BCUT2D eigenvalue weighted by Gasteiger charge is -2.28. The van der Waals surface area contributed by atoms with Crippen molar-refractivity contribution in [2.24, 2.45) is 0 Å². The number of amides is 1. The zero-order chi connectivity index (χ0) is 12.4. The standard InChI is InChI=1S/C12H12FNO3/c13-10-3-1-2-9-8(10)4-6-14(12(9)17)7-5-11(15)16/h1-3H,4-7H2,(H,15,16). The number of hydrogen-bond acceptors (Lipinski definition) is 2. The van der Waals surface area contributed by atoms with Crippen LogP contribution in [-0.4, -0.2) is 35.0 Å². The van der Waals surface area contributed by atoms with Crippen LogP contribution in [0, 0.1) is 5.82 Å². The van der Waals surface area contributed by atoms with Gasteiger partial charge < -0.3 is 10.0 Å². The zero-order valence-electron chi connectivity index (χ0n) is 9.15. The number of halogens is 1. The predicted molar refractivity (Wildman–Crippen MR) is 58.3 cm³/mol. The lowest BCUT2D eigenvalue weighted by Crippen LogP contribution is -2.39. The van der Waals surface area contributed by atoms with Crippen molar-refractivity contribution in [1.82, 2.24) is 4.90 Å². The zero-order valence-corrected chi connectivity index (χ0v) is 9.15. The smallest absolute Gasteiger partial charge is 0.305 e. The highest BCUT2D eigenvalue weighted by atomic mass is 19.1. The Kier molecular flexibility index (Phi) is 3.08. The average molecular weight is 237 g/mol.